The Balaban J connectivity index is 3.69. The van der Waals surface area contributed by atoms with Gasteiger partial charge in [0, 0.05) is 6.61 Å². The summed E-state index contributed by atoms with van der Waals surface area (Å²) < 4.78 is 41.6. The molecule has 0 rings (SSSR count). The highest BCUT2D eigenvalue weighted by atomic mass is 32.3. The smallest absolute Gasteiger partial charge is 0.379 e. The first-order valence-corrected chi connectivity index (χ1v) is 14.1. The van der Waals surface area contributed by atoms with E-state index < -0.39 is 16.5 Å². The number of hydrogen-bond acceptors (Lipinski definition) is 4. The second-order valence-corrected chi connectivity index (χ2v) is 9.71. The zero-order valence-electron chi connectivity index (χ0n) is 19.9. The molecular formula is C24H50O5S. The molecule has 0 bridgehead atoms. The number of ether oxygens (including phenoxy) is 1. The highest BCUT2D eigenvalue weighted by molar-refractivity contribution is 7.80. The third-order valence-corrected chi connectivity index (χ3v) is 6.10. The standard InChI is InChI=1S/C24H50O5S/c1-3-5-7-9-11-13-14-16-18-20-22-28-23-24(29-30(25,26)27)21-19-17-15-12-10-8-6-4-2/h24H,3-23H2,1-2H3,(H,25,26,27). The van der Waals surface area contributed by atoms with E-state index in [1.54, 1.807) is 0 Å². The van der Waals surface area contributed by atoms with E-state index in [0.717, 1.165) is 25.7 Å². The van der Waals surface area contributed by atoms with Crippen LogP contribution in [0, 0.1) is 0 Å². The molecule has 5 nitrogen and oxygen atoms in total. The average Bonchev–Trinajstić information content (AvgIpc) is 2.69. The number of rotatable bonds is 24. The predicted octanol–water partition coefficient (Wildman–Crippen LogP) is 7.64. The average molecular weight is 451 g/mol. The van der Waals surface area contributed by atoms with Crippen LogP contribution >= 0.6 is 0 Å². The lowest BCUT2D eigenvalue weighted by atomic mass is 10.1. The van der Waals surface area contributed by atoms with Crippen LogP contribution in [0.25, 0.3) is 0 Å². The van der Waals surface area contributed by atoms with Crippen molar-refractivity contribution in [1.29, 1.82) is 0 Å². The van der Waals surface area contributed by atoms with Crippen molar-refractivity contribution in [3.05, 3.63) is 0 Å². The Morgan fingerprint density at radius 3 is 1.47 bits per heavy atom. The molecule has 0 heterocycles. The highest BCUT2D eigenvalue weighted by Gasteiger charge is 2.17. The van der Waals surface area contributed by atoms with Crippen LogP contribution in [0.15, 0.2) is 0 Å². The van der Waals surface area contributed by atoms with Crippen LogP contribution in [0.1, 0.15) is 136 Å². The molecule has 0 saturated carbocycles. The molecular weight excluding hydrogens is 400 g/mol. The summed E-state index contributed by atoms with van der Waals surface area (Å²) in [6.07, 6.45) is 22.3. The van der Waals surface area contributed by atoms with Gasteiger partial charge in [-0.25, -0.2) is 4.18 Å². The summed E-state index contributed by atoms with van der Waals surface area (Å²) in [6.45, 7) is 5.32. The van der Waals surface area contributed by atoms with Crippen molar-refractivity contribution in [3.8, 4) is 0 Å². The van der Waals surface area contributed by atoms with Crippen molar-refractivity contribution >= 4 is 10.4 Å². The minimum absolute atomic E-state index is 0.230. The number of hydrogen-bond donors (Lipinski definition) is 1. The molecule has 0 fully saturated rings. The molecule has 1 unspecified atom stereocenters. The van der Waals surface area contributed by atoms with Gasteiger partial charge < -0.3 is 4.74 Å². The van der Waals surface area contributed by atoms with Gasteiger partial charge in [0.1, 0.15) is 6.10 Å². The van der Waals surface area contributed by atoms with Crippen molar-refractivity contribution in [3.63, 3.8) is 0 Å². The van der Waals surface area contributed by atoms with Gasteiger partial charge in [0.25, 0.3) is 0 Å². The van der Waals surface area contributed by atoms with Crippen molar-refractivity contribution in [2.45, 2.75) is 142 Å². The fourth-order valence-electron chi connectivity index (χ4n) is 3.74. The first-order chi connectivity index (χ1) is 14.5. The van der Waals surface area contributed by atoms with E-state index in [0.29, 0.717) is 13.0 Å². The summed E-state index contributed by atoms with van der Waals surface area (Å²) in [4.78, 5) is 0. The largest absolute Gasteiger partial charge is 0.397 e. The van der Waals surface area contributed by atoms with E-state index in [1.807, 2.05) is 0 Å². The minimum Gasteiger partial charge on any atom is -0.379 e. The van der Waals surface area contributed by atoms with Gasteiger partial charge in [-0.1, -0.05) is 123 Å². The third kappa shape index (κ3) is 24.1. The van der Waals surface area contributed by atoms with Crippen LogP contribution < -0.4 is 0 Å². The van der Waals surface area contributed by atoms with E-state index in [1.165, 1.54) is 89.9 Å². The normalized spacial score (nSPS) is 13.0. The lowest BCUT2D eigenvalue weighted by Gasteiger charge is -2.16. The van der Waals surface area contributed by atoms with Crippen LogP contribution in [0.2, 0.25) is 0 Å². The summed E-state index contributed by atoms with van der Waals surface area (Å²) in [5, 5.41) is 0. The molecule has 182 valence electrons. The van der Waals surface area contributed by atoms with Gasteiger partial charge in [0.05, 0.1) is 6.61 Å². The van der Waals surface area contributed by atoms with E-state index in [9.17, 15) is 8.42 Å². The van der Waals surface area contributed by atoms with Gasteiger partial charge in [0.2, 0.25) is 0 Å². The van der Waals surface area contributed by atoms with Crippen molar-refractivity contribution in [2.75, 3.05) is 13.2 Å². The Kier molecular flexibility index (Phi) is 21.9. The van der Waals surface area contributed by atoms with E-state index in [2.05, 4.69) is 13.8 Å². The molecule has 0 aromatic rings. The maximum absolute atomic E-state index is 11.1. The second-order valence-electron chi connectivity index (χ2n) is 8.67. The fraction of sp³-hybridized carbons (Fsp3) is 1.00. The molecule has 0 aliphatic carbocycles. The summed E-state index contributed by atoms with van der Waals surface area (Å²) in [5.41, 5.74) is 0. The molecule has 30 heavy (non-hydrogen) atoms. The Hall–Kier alpha value is -0.170. The second kappa shape index (κ2) is 22.0. The zero-order valence-corrected chi connectivity index (χ0v) is 20.7. The molecule has 0 aliphatic heterocycles. The highest BCUT2D eigenvalue weighted by Crippen LogP contribution is 2.14. The van der Waals surface area contributed by atoms with Crippen LogP contribution in [-0.2, 0) is 19.3 Å². The topological polar surface area (TPSA) is 72.8 Å². The predicted molar refractivity (Wildman–Crippen MR) is 126 cm³/mol. The molecule has 0 radical (unpaired) electrons. The molecule has 0 aromatic heterocycles. The summed E-state index contributed by atoms with van der Waals surface area (Å²) >= 11 is 0. The molecule has 6 heteroatoms. The summed E-state index contributed by atoms with van der Waals surface area (Å²) in [5.74, 6) is 0. The first kappa shape index (κ1) is 29.8. The Bertz CT molecular complexity index is 439. The van der Waals surface area contributed by atoms with E-state index >= 15 is 0 Å². The quantitative estimate of drug-likeness (QED) is 0.121. The molecule has 0 saturated heterocycles. The van der Waals surface area contributed by atoms with Gasteiger partial charge >= 0.3 is 10.4 Å². The van der Waals surface area contributed by atoms with Gasteiger partial charge in [-0.3, -0.25) is 4.55 Å². The van der Waals surface area contributed by atoms with E-state index in [4.69, 9.17) is 13.5 Å². The van der Waals surface area contributed by atoms with Crippen LogP contribution in [0.3, 0.4) is 0 Å². The van der Waals surface area contributed by atoms with Crippen LogP contribution in [0.4, 0.5) is 0 Å². The third-order valence-electron chi connectivity index (χ3n) is 5.58. The number of unbranched alkanes of at least 4 members (excludes halogenated alkanes) is 16. The van der Waals surface area contributed by atoms with Crippen molar-refractivity contribution in [2.24, 2.45) is 0 Å². The molecule has 0 aliphatic rings. The van der Waals surface area contributed by atoms with Crippen LogP contribution in [-0.4, -0.2) is 32.3 Å². The van der Waals surface area contributed by atoms with Crippen molar-refractivity contribution in [1.82, 2.24) is 0 Å². The van der Waals surface area contributed by atoms with Gasteiger partial charge in [0.15, 0.2) is 0 Å². The lowest BCUT2D eigenvalue weighted by molar-refractivity contribution is 0.0403. The maximum Gasteiger partial charge on any atom is 0.397 e. The Labute approximate surface area is 187 Å². The first-order valence-electron chi connectivity index (χ1n) is 12.7. The Morgan fingerprint density at radius 2 is 1.03 bits per heavy atom. The molecule has 1 N–H and O–H groups in total. The van der Waals surface area contributed by atoms with Gasteiger partial charge in [-0.2, -0.15) is 8.42 Å². The molecule has 0 spiro atoms. The van der Waals surface area contributed by atoms with Gasteiger partial charge in [-0.15, -0.1) is 0 Å². The summed E-state index contributed by atoms with van der Waals surface area (Å²) in [7, 11) is -4.43. The SMILES string of the molecule is CCCCCCCCCCCCOCC(CCCCCCCCCC)OS(=O)(=O)O. The van der Waals surface area contributed by atoms with Crippen molar-refractivity contribution < 1.29 is 21.9 Å². The monoisotopic (exact) mass is 450 g/mol. The van der Waals surface area contributed by atoms with Gasteiger partial charge in [-0.05, 0) is 12.8 Å². The summed E-state index contributed by atoms with van der Waals surface area (Å²) in [6, 6.07) is 0. The van der Waals surface area contributed by atoms with E-state index in [-0.39, 0.29) is 6.61 Å². The minimum atomic E-state index is -4.43. The Morgan fingerprint density at radius 1 is 0.633 bits per heavy atom. The lowest BCUT2D eigenvalue weighted by Crippen LogP contribution is -2.23. The molecule has 0 amide bonds. The maximum atomic E-state index is 11.1. The molecule has 1 atom stereocenters. The molecule has 0 aromatic carbocycles. The fourth-order valence-corrected chi connectivity index (χ4v) is 4.24. The van der Waals surface area contributed by atoms with Crippen LogP contribution in [0.5, 0.6) is 0 Å². The zero-order chi connectivity index (χ0) is 22.3.